The Labute approximate surface area is 91.5 Å². The van der Waals surface area contributed by atoms with Crippen LogP contribution >= 0.6 is 11.8 Å². The van der Waals surface area contributed by atoms with E-state index in [9.17, 15) is 4.39 Å². The summed E-state index contributed by atoms with van der Waals surface area (Å²) in [6.45, 7) is 0.465. The molecule has 0 saturated heterocycles. The average molecular weight is 229 g/mol. The molecule has 0 atom stereocenters. The first-order valence-electron chi connectivity index (χ1n) is 4.27. The highest BCUT2D eigenvalue weighted by molar-refractivity contribution is 8.13. The van der Waals surface area contributed by atoms with Gasteiger partial charge in [0.05, 0.1) is 6.61 Å². The molecule has 82 valence electrons. The van der Waals surface area contributed by atoms with Crippen molar-refractivity contribution in [3.8, 4) is 5.75 Å². The number of hydrogen-bond acceptors (Lipinski definition) is 4. The zero-order chi connectivity index (χ0) is 11.1. The number of amidine groups is 1. The van der Waals surface area contributed by atoms with Crippen LogP contribution in [-0.2, 0) is 0 Å². The number of thioether (sulfide) groups is 1. The Hall–Kier alpha value is -1.43. The molecule has 0 heterocycles. The molecular weight excluding hydrogens is 217 g/mol. The second kappa shape index (κ2) is 6.13. The fourth-order valence-electron chi connectivity index (χ4n) is 0.874. The van der Waals surface area contributed by atoms with Gasteiger partial charge in [0.1, 0.15) is 11.6 Å². The van der Waals surface area contributed by atoms with E-state index in [-0.39, 0.29) is 5.82 Å². The average Bonchev–Trinajstić information content (AvgIpc) is 2.26. The van der Waals surface area contributed by atoms with Gasteiger partial charge in [-0.3, -0.25) is 0 Å². The quantitative estimate of drug-likeness (QED) is 0.267. The number of rotatable bonds is 4. The lowest BCUT2D eigenvalue weighted by Gasteiger charge is -2.04. The number of ether oxygens (including phenoxy) is 1. The molecule has 0 radical (unpaired) electrons. The van der Waals surface area contributed by atoms with Crippen LogP contribution in [-0.4, -0.2) is 17.5 Å². The van der Waals surface area contributed by atoms with E-state index >= 15 is 0 Å². The number of nitrogens with two attached hydrogens (primary N) is 2. The Bertz CT molecular complexity index is 329. The highest BCUT2D eigenvalue weighted by Crippen LogP contribution is 2.11. The third-order valence-electron chi connectivity index (χ3n) is 1.54. The maximum absolute atomic E-state index is 12.5. The van der Waals surface area contributed by atoms with E-state index < -0.39 is 0 Å². The summed E-state index contributed by atoms with van der Waals surface area (Å²) in [4.78, 5) is 0. The zero-order valence-electron chi connectivity index (χ0n) is 8.02. The normalized spacial score (nSPS) is 11.4. The first kappa shape index (κ1) is 11.6. The number of halogens is 1. The molecule has 0 aromatic heterocycles. The molecule has 0 spiro atoms. The van der Waals surface area contributed by atoms with Gasteiger partial charge in [0.2, 0.25) is 0 Å². The van der Waals surface area contributed by atoms with Gasteiger partial charge in [0.15, 0.2) is 5.17 Å². The van der Waals surface area contributed by atoms with Crippen molar-refractivity contribution in [3.05, 3.63) is 30.1 Å². The number of hydrazone groups is 1. The monoisotopic (exact) mass is 229 g/mol. The molecule has 4 nitrogen and oxygen atoms in total. The van der Waals surface area contributed by atoms with Crippen molar-refractivity contribution in [1.82, 2.24) is 0 Å². The van der Waals surface area contributed by atoms with E-state index in [4.69, 9.17) is 16.3 Å². The fourth-order valence-corrected chi connectivity index (χ4v) is 1.32. The summed E-state index contributed by atoms with van der Waals surface area (Å²) in [5.74, 6) is 5.93. The second-order valence-corrected chi connectivity index (χ2v) is 3.73. The molecule has 15 heavy (non-hydrogen) atoms. The van der Waals surface area contributed by atoms with Crippen LogP contribution in [0.4, 0.5) is 4.39 Å². The van der Waals surface area contributed by atoms with Gasteiger partial charge in [0.25, 0.3) is 0 Å². The van der Waals surface area contributed by atoms with Crippen molar-refractivity contribution in [2.45, 2.75) is 0 Å². The topological polar surface area (TPSA) is 73.6 Å². The van der Waals surface area contributed by atoms with Crippen molar-refractivity contribution >= 4 is 16.9 Å². The van der Waals surface area contributed by atoms with Crippen molar-refractivity contribution in [2.75, 3.05) is 12.4 Å². The number of hydrogen-bond donors (Lipinski definition) is 2. The summed E-state index contributed by atoms with van der Waals surface area (Å²) in [5, 5.41) is 3.61. The lowest BCUT2D eigenvalue weighted by atomic mass is 10.3. The van der Waals surface area contributed by atoms with Crippen LogP contribution in [0.25, 0.3) is 0 Å². The van der Waals surface area contributed by atoms with E-state index in [2.05, 4.69) is 5.10 Å². The molecule has 0 amide bonds. The largest absolute Gasteiger partial charge is 0.493 e. The molecule has 0 aliphatic rings. The van der Waals surface area contributed by atoms with Crippen molar-refractivity contribution in [2.24, 2.45) is 16.7 Å². The molecule has 1 aromatic rings. The molecule has 6 heteroatoms. The molecule has 1 rings (SSSR count). The fraction of sp³-hybridized carbons (Fsp3) is 0.222. The lowest BCUT2D eigenvalue weighted by Crippen LogP contribution is -2.12. The van der Waals surface area contributed by atoms with Gasteiger partial charge in [-0.25, -0.2) is 4.39 Å². The first-order valence-corrected chi connectivity index (χ1v) is 5.25. The predicted octanol–water partition coefficient (Wildman–Crippen LogP) is 1.13. The summed E-state index contributed by atoms with van der Waals surface area (Å²) in [6, 6.07) is 5.83. The molecular formula is C9H12FN3OS. The number of nitrogens with zero attached hydrogens (tertiary/aromatic N) is 1. The standard InChI is InChI=1S/C9H12FN3OS/c10-7-1-3-8(4-2-7)14-5-6-15-9(11)13-12/h1-4H,5-6,12H2,(H2,11,13). The van der Waals surface area contributed by atoms with E-state index in [0.29, 0.717) is 23.3 Å². The highest BCUT2D eigenvalue weighted by Gasteiger charge is 1.96. The van der Waals surface area contributed by atoms with Crippen LogP contribution < -0.4 is 16.3 Å². The molecule has 0 unspecified atom stereocenters. The minimum absolute atomic E-state index is 0.281. The van der Waals surface area contributed by atoms with Crippen LogP contribution in [0.1, 0.15) is 0 Å². The lowest BCUT2D eigenvalue weighted by molar-refractivity contribution is 0.343. The Morgan fingerprint density at radius 2 is 2.07 bits per heavy atom. The third kappa shape index (κ3) is 4.55. The second-order valence-electron chi connectivity index (χ2n) is 2.62. The first-order chi connectivity index (χ1) is 7.22. The molecule has 0 bridgehead atoms. The van der Waals surface area contributed by atoms with Crippen molar-refractivity contribution in [3.63, 3.8) is 0 Å². The molecule has 0 fully saturated rings. The van der Waals surface area contributed by atoms with E-state index in [1.165, 1.54) is 23.9 Å². The van der Waals surface area contributed by atoms with Crippen LogP contribution in [0, 0.1) is 5.82 Å². The van der Waals surface area contributed by atoms with E-state index in [0.717, 1.165) is 0 Å². The van der Waals surface area contributed by atoms with Gasteiger partial charge in [0, 0.05) is 5.75 Å². The molecule has 0 saturated carbocycles. The van der Waals surface area contributed by atoms with Crippen LogP contribution in [0.15, 0.2) is 29.4 Å². The van der Waals surface area contributed by atoms with Gasteiger partial charge in [-0.1, -0.05) is 11.8 Å². The molecule has 0 aliphatic carbocycles. The summed E-state index contributed by atoms with van der Waals surface area (Å²) >= 11 is 1.30. The minimum atomic E-state index is -0.281. The smallest absolute Gasteiger partial charge is 0.177 e. The van der Waals surface area contributed by atoms with Gasteiger partial charge < -0.3 is 16.3 Å². The van der Waals surface area contributed by atoms with Gasteiger partial charge >= 0.3 is 0 Å². The van der Waals surface area contributed by atoms with Gasteiger partial charge in [-0.05, 0) is 24.3 Å². The van der Waals surface area contributed by atoms with Gasteiger partial charge in [-0.15, -0.1) is 0 Å². The SMILES string of the molecule is NN=C(N)SCCOc1ccc(F)cc1. The number of benzene rings is 1. The maximum Gasteiger partial charge on any atom is 0.177 e. The van der Waals surface area contributed by atoms with Crippen molar-refractivity contribution < 1.29 is 9.13 Å². The molecule has 0 aliphatic heterocycles. The Morgan fingerprint density at radius 1 is 1.40 bits per heavy atom. The Morgan fingerprint density at radius 3 is 2.67 bits per heavy atom. The van der Waals surface area contributed by atoms with E-state index in [1.807, 2.05) is 0 Å². The van der Waals surface area contributed by atoms with Crippen molar-refractivity contribution in [1.29, 1.82) is 0 Å². The molecule has 1 aromatic carbocycles. The Balaban J connectivity index is 2.23. The summed E-state index contributed by atoms with van der Waals surface area (Å²) < 4.78 is 17.8. The predicted molar refractivity (Wildman–Crippen MR) is 60.2 cm³/mol. The summed E-state index contributed by atoms with van der Waals surface area (Å²) in [6.07, 6.45) is 0. The van der Waals surface area contributed by atoms with Crippen LogP contribution in [0.2, 0.25) is 0 Å². The third-order valence-corrected chi connectivity index (χ3v) is 2.31. The summed E-state index contributed by atoms with van der Waals surface area (Å²) in [5.41, 5.74) is 5.36. The van der Waals surface area contributed by atoms with Gasteiger partial charge in [-0.2, -0.15) is 5.10 Å². The van der Waals surface area contributed by atoms with Crippen LogP contribution in [0.3, 0.4) is 0 Å². The minimum Gasteiger partial charge on any atom is -0.493 e. The zero-order valence-corrected chi connectivity index (χ0v) is 8.84. The highest BCUT2D eigenvalue weighted by atomic mass is 32.2. The Kier molecular flexibility index (Phi) is 4.76. The summed E-state index contributed by atoms with van der Waals surface area (Å²) in [7, 11) is 0. The van der Waals surface area contributed by atoms with Crippen LogP contribution in [0.5, 0.6) is 5.75 Å². The maximum atomic E-state index is 12.5. The molecule has 4 N–H and O–H groups in total. The van der Waals surface area contributed by atoms with E-state index in [1.54, 1.807) is 12.1 Å².